The summed E-state index contributed by atoms with van der Waals surface area (Å²) >= 11 is 0. The predicted molar refractivity (Wildman–Crippen MR) is 64.4 cm³/mol. The molecule has 0 aliphatic carbocycles. The van der Waals surface area contributed by atoms with Crippen LogP contribution in [0.25, 0.3) is 0 Å². The van der Waals surface area contributed by atoms with Crippen LogP contribution in [0.3, 0.4) is 0 Å². The van der Waals surface area contributed by atoms with Crippen molar-refractivity contribution < 1.29 is 14.3 Å². The summed E-state index contributed by atoms with van der Waals surface area (Å²) in [6.07, 6.45) is 3.04. The van der Waals surface area contributed by atoms with Crippen molar-refractivity contribution in [1.29, 1.82) is 5.26 Å². The first-order valence-corrected chi connectivity index (χ1v) is 5.91. The number of hydrogen-bond donors (Lipinski definition) is 2. The summed E-state index contributed by atoms with van der Waals surface area (Å²) in [6.45, 7) is 2.03. The van der Waals surface area contributed by atoms with E-state index in [0.29, 0.717) is 26.3 Å². The van der Waals surface area contributed by atoms with Crippen molar-refractivity contribution in [3.63, 3.8) is 0 Å². The second kappa shape index (κ2) is 8.25. The molecule has 0 aromatic heterocycles. The first kappa shape index (κ1) is 14.2. The molecule has 0 atom stereocenters. The summed E-state index contributed by atoms with van der Waals surface area (Å²) in [7, 11) is 0. The van der Waals surface area contributed by atoms with Crippen molar-refractivity contribution in [1.82, 2.24) is 10.6 Å². The largest absolute Gasteiger partial charge is 0.381 e. The highest BCUT2D eigenvalue weighted by Crippen LogP contribution is 2.12. The molecule has 0 unspecified atom stereocenters. The Hall–Kier alpha value is -1.87. The highest BCUT2D eigenvalue weighted by Gasteiger charge is 2.07. The molecule has 0 spiro atoms. The number of nitrogens with zero attached hydrogens (tertiary/aromatic N) is 1. The Bertz CT molecular complexity index is 363. The molecule has 0 aromatic carbocycles. The topological polar surface area (TPSA) is 91.2 Å². The maximum Gasteiger partial charge on any atom is 0.243 e. The smallest absolute Gasteiger partial charge is 0.243 e. The minimum Gasteiger partial charge on any atom is -0.381 e. The molecule has 1 rings (SSSR count). The van der Waals surface area contributed by atoms with E-state index in [1.54, 1.807) is 12.1 Å². The first-order chi connectivity index (χ1) is 8.72. The van der Waals surface area contributed by atoms with Crippen molar-refractivity contribution in [2.75, 3.05) is 26.3 Å². The molecule has 6 nitrogen and oxygen atoms in total. The third kappa shape index (κ3) is 6.01. The van der Waals surface area contributed by atoms with E-state index < -0.39 is 0 Å². The van der Waals surface area contributed by atoms with Crippen molar-refractivity contribution >= 4 is 11.8 Å². The quantitative estimate of drug-likeness (QED) is 0.526. The zero-order valence-electron chi connectivity index (χ0n) is 10.2. The molecule has 1 aliphatic rings. The Morgan fingerprint density at radius 1 is 1.28 bits per heavy atom. The molecule has 98 valence electrons. The Balaban J connectivity index is 2.13. The fourth-order valence-electron chi connectivity index (χ4n) is 1.54. The van der Waals surface area contributed by atoms with E-state index in [0.717, 1.165) is 18.4 Å². The van der Waals surface area contributed by atoms with Crippen LogP contribution in [0, 0.1) is 11.3 Å². The zero-order valence-corrected chi connectivity index (χ0v) is 10.2. The molecule has 0 aromatic rings. The molecular weight excluding hydrogens is 234 g/mol. The number of amides is 2. The van der Waals surface area contributed by atoms with Gasteiger partial charge in [-0.3, -0.25) is 9.59 Å². The Labute approximate surface area is 106 Å². The fourth-order valence-corrected chi connectivity index (χ4v) is 1.54. The van der Waals surface area contributed by atoms with Gasteiger partial charge in [-0.15, -0.1) is 0 Å². The van der Waals surface area contributed by atoms with E-state index in [-0.39, 0.29) is 18.2 Å². The average molecular weight is 251 g/mol. The summed E-state index contributed by atoms with van der Waals surface area (Å²) in [5.41, 5.74) is 1.09. The predicted octanol–water partition coefficient (Wildman–Crippen LogP) is -0.131. The van der Waals surface area contributed by atoms with E-state index in [1.807, 2.05) is 0 Å². The van der Waals surface area contributed by atoms with Crippen molar-refractivity contribution in [2.45, 2.75) is 19.3 Å². The van der Waals surface area contributed by atoms with Crippen molar-refractivity contribution in [3.05, 3.63) is 11.6 Å². The standard InChI is InChI=1S/C12H17N3O3/c13-4-1-11(16)14-5-6-15-12(17)9-10-2-7-18-8-3-10/h9H,1-3,5-8H2,(H,14,16)(H,15,17). The number of nitrogens with one attached hydrogen (secondary N) is 2. The number of hydrogen-bond acceptors (Lipinski definition) is 4. The lowest BCUT2D eigenvalue weighted by Crippen LogP contribution is -2.34. The first-order valence-electron chi connectivity index (χ1n) is 5.91. The van der Waals surface area contributed by atoms with Gasteiger partial charge in [0.25, 0.3) is 0 Å². The van der Waals surface area contributed by atoms with E-state index in [2.05, 4.69) is 10.6 Å². The number of carbonyl (C=O) groups is 2. The monoisotopic (exact) mass is 251 g/mol. The number of carbonyl (C=O) groups excluding carboxylic acids is 2. The van der Waals surface area contributed by atoms with Crippen LogP contribution in [-0.2, 0) is 14.3 Å². The van der Waals surface area contributed by atoms with Crippen LogP contribution in [0.5, 0.6) is 0 Å². The Morgan fingerprint density at radius 2 is 1.94 bits per heavy atom. The summed E-state index contributed by atoms with van der Waals surface area (Å²) in [5, 5.41) is 13.5. The molecule has 1 saturated heterocycles. The average Bonchev–Trinajstić information content (AvgIpc) is 2.36. The van der Waals surface area contributed by atoms with Crippen LogP contribution in [0.1, 0.15) is 19.3 Å². The third-order valence-corrected chi connectivity index (χ3v) is 2.46. The van der Waals surface area contributed by atoms with Crippen LogP contribution < -0.4 is 10.6 Å². The maximum atomic E-state index is 11.5. The molecule has 1 aliphatic heterocycles. The van der Waals surface area contributed by atoms with Crippen LogP contribution in [0.4, 0.5) is 0 Å². The normalized spacial score (nSPS) is 14.5. The molecule has 1 fully saturated rings. The van der Waals surface area contributed by atoms with Gasteiger partial charge in [0.1, 0.15) is 6.42 Å². The lowest BCUT2D eigenvalue weighted by molar-refractivity contribution is -0.120. The summed E-state index contributed by atoms with van der Waals surface area (Å²) in [5.74, 6) is -0.476. The minimum atomic E-state index is -0.325. The van der Waals surface area contributed by atoms with Crippen LogP contribution in [-0.4, -0.2) is 38.1 Å². The highest BCUT2D eigenvalue weighted by molar-refractivity contribution is 5.88. The van der Waals surface area contributed by atoms with Crippen LogP contribution >= 0.6 is 0 Å². The van der Waals surface area contributed by atoms with Crippen molar-refractivity contribution in [2.24, 2.45) is 0 Å². The highest BCUT2D eigenvalue weighted by atomic mass is 16.5. The summed E-state index contributed by atoms with van der Waals surface area (Å²) in [6, 6.07) is 1.75. The van der Waals surface area contributed by atoms with E-state index >= 15 is 0 Å². The molecular formula is C12H17N3O3. The molecule has 1 heterocycles. The lowest BCUT2D eigenvalue weighted by atomic mass is 10.1. The number of nitriles is 1. The van der Waals surface area contributed by atoms with Crippen molar-refractivity contribution in [3.8, 4) is 6.07 Å². The van der Waals surface area contributed by atoms with Gasteiger partial charge < -0.3 is 15.4 Å². The van der Waals surface area contributed by atoms with E-state index in [1.165, 1.54) is 0 Å². The van der Waals surface area contributed by atoms with Gasteiger partial charge in [-0.1, -0.05) is 5.57 Å². The lowest BCUT2D eigenvalue weighted by Gasteiger charge is -2.14. The molecule has 2 N–H and O–H groups in total. The van der Waals surface area contributed by atoms with E-state index in [4.69, 9.17) is 10.00 Å². The minimum absolute atomic E-state index is 0.151. The summed E-state index contributed by atoms with van der Waals surface area (Å²) in [4.78, 5) is 22.4. The molecule has 0 radical (unpaired) electrons. The third-order valence-electron chi connectivity index (χ3n) is 2.46. The van der Waals surface area contributed by atoms with E-state index in [9.17, 15) is 9.59 Å². The van der Waals surface area contributed by atoms with Gasteiger partial charge in [0.05, 0.1) is 19.3 Å². The van der Waals surface area contributed by atoms with Gasteiger partial charge >= 0.3 is 0 Å². The Morgan fingerprint density at radius 3 is 2.61 bits per heavy atom. The SMILES string of the molecule is N#CCC(=O)NCCNC(=O)C=C1CCOCC1. The van der Waals surface area contributed by atoms with Gasteiger partial charge in [-0.25, -0.2) is 0 Å². The second-order valence-electron chi connectivity index (χ2n) is 3.89. The maximum absolute atomic E-state index is 11.5. The second-order valence-corrected chi connectivity index (χ2v) is 3.89. The fraction of sp³-hybridized carbons (Fsp3) is 0.583. The number of rotatable bonds is 5. The molecule has 18 heavy (non-hydrogen) atoms. The van der Waals surface area contributed by atoms with Gasteiger partial charge in [0.2, 0.25) is 11.8 Å². The Kier molecular flexibility index (Phi) is 6.51. The zero-order chi connectivity index (χ0) is 13.2. The van der Waals surface area contributed by atoms with Gasteiger partial charge in [-0.2, -0.15) is 5.26 Å². The van der Waals surface area contributed by atoms with Gasteiger partial charge in [-0.05, 0) is 12.8 Å². The van der Waals surface area contributed by atoms with Crippen LogP contribution in [0.15, 0.2) is 11.6 Å². The van der Waals surface area contributed by atoms with Gasteiger partial charge in [0.15, 0.2) is 0 Å². The summed E-state index contributed by atoms with van der Waals surface area (Å²) < 4.78 is 5.18. The molecule has 6 heteroatoms. The molecule has 0 saturated carbocycles. The molecule has 0 bridgehead atoms. The molecule has 2 amide bonds. The van der Waals surface area contributed by atoms with Crippen LogP contribution in [0.2, 0.25) is 0 Å². The number of ether oxygens (including phenoxy) is 1. The van der Waals surface area contributed by atoms with Gasteiger partial charge in [0, 0.05) is 19.2 Å².